The molecule has 0 spiro atoms. The highest BCUT2D eigenvalue weighted by Crippen LogP contribution is 2.33. The maximum Gasteiger partial charge on any atom is 0.351 e. The van der Waals surface area contributed by atoms with Gasteiger partial charge in [0, 0.05) is 16.6 Å². The number of halogens is 1. The largest absolute Gasteiger partial charge is 0.494 e. The molecule has 0 heterocycles. The molecule has 0 aliphatic rings. The molecule has 256 valence electrons. The second kappa shape index (κ2) is 15.6. The van der Waals surface area contributed by atoms with Crippen LogP contribution in [0.25, 0.3) is 0 Å². The van der Waals surface area contributed by atoms with Crippen LogP contribution in [0.1, 0.15) is 71.6 Å². The summed E-state index contributed by atoms with van der Waals surface area (Å²) in [6.45, 7) is 2.31. The smallest absolute Gasteiger partial charge is 0.351 e. The van der Waals surface area contributed by atoms with Crippen LogP contribution < -0.4 is 14.4 Å². The van der Waals surface area contributed by atoms with Crippen molar-refractivity contribution in [2.75, 3.05) is 11.5 Å². The Morgan fingerprint density at radius 2 is 1.32 bits per heavy atom. The monoisotopic (exact) mass is 749 g/mol. The first kappa shape index (κ1) is 36.3. The summed E-state index contributed by atoms with van der Waals surface area (Å²) in [6, 6.07) is 14.5. The van der Waals surface area contributed by atoms with E-state index in [9.17, 15) is 54.4 Å². The van der Waals surface area contributed by atoms with Gasteiger partial charge in [-0.25, -0.2) is 19.3 Å². The number of carboxylic acid groups (broad SMARTS) is 2. The zero-order valence-electron chi connectivity index (χ0n) is 25.7. The van der Waals surface area contributed by atoms with Gasteiger partial charge in [-0.3, -0.25) is 29.8 Å². The Labute approximate surface area is 289 Å². The summed E-state index contributed by atoms with van der Waals surface area (Å²) in [4.78, 5) is 88.0. The molecule has 0 saturated heterocycles. The van der Waals surface area contributed by atoms with Gasteiger partial charge in [0.25, 0.3) is 23.2 Å². The summed E-state index contributed by atoms with van der Waals surface area (Å²) in [7, 11) is 0. The number of imide groups is 1. The minimum Gasteiger partial charge on any atom is -0.494 e. The van der Waals surface area contributed by atoms with Crippen LogP contribution in [0.2, 0.25) is 0 Å². The highest BCUT2D eigenvalue weighted by Gasteiger charge is 2.37. The summed E-state index contributed by atoms with van der Waals surface area (Å²) in [6.07, 6.45) is 1.57. The Bertz CT molecular complexity index is 1980. The normalized spacial score (nSPS) is 10.5. The number of nitro benzene ring substituents is 2. The van der Waals surface area contributed by atoms with Crippen molar-refractivity contribution in [1.82, 2.24) is 0 Å². The lowest BCUT2D eigenvalue weighted by Crippen LogP contribution is -2.38. The van der Waals surface area contributed by atoms with Crippen molar-refractivity contribution in [2.24, 2.45) is 0 Å². The average Bonchev–Trinajstić information content (AvgIpc) is 3.08. The molecule has 0 aliphatic carbocycles. The fourth-order valence-electron chi connectivity index (χ4n) is 4.67. The predicted octanol–water partition coefficient (Wildman–Crippen LogP) is 6.55. The highest BCUT2D eigenvalue weighted by molar-refractivity contribution is 9.10. The van der Waals surface area contributed by atoms with Gasteiger partial charge >= 0.3 is 17.9 Å². The number of ether oxygens (including phenoxy) is 2. The zero-order chi connectivity index (χ0) is 36.7. The van der Waals surface area contributed by atoms with Gasteiger partial charge in [-0.1, -0.05) is 41.4 Å². The molecule has 0 aliphatic heterocycles. The summed E-state index contributed by atoms with van der Waals surface area (Å²) in [5.41, 5.74) is -6.05. The SMILES string of the molecule is CCCCOc1ccc(N(C(=O)c2cc(Br)ccc2OC(=O)c2c(C(=O)O)cccc2[N+](=O)[O-])C(=O)c2c(C(=O)O)cccc2[N+](=O)[O-])cc1. The molecule has 0 unspecified atom stereocenters. The number of benzene rings is 4. The molecular weight excluding hydrogens is 726 g/mol. The molecule has 4 aromatic carbocycles. The molecule has 0 radical (unpaired) electrons. The standard InChI is InChI=1S/C33H24BrN3O13/c1-2-3-16-49-20-13-11-19(12-14-20)35(30(39)27-21(31(40)41)6-4-8-24(27)36(45)46)29(38)23-17-18(34)10-15-26(23)50-33(44)28-22(32(42)43)7-5-9-25(28)37(47)48/h4-15,17H,2-3,16H2,1H3,(H,40,41)(H,42,43). The Hall–Kier alpha value is -6.49. The Morgan fingerprint density at radius 3 is 1.86 bits per heavy atom. The Balaban J connectivity index is 1.90. The molecule has 0 fully saturated rings. The van der Waals surface area contributed by atoms with E-state index in [0.29, 0.717) is 17.3 Å². The van der Waals surface area contributed by atoms with E-state index in [1.54, 1.807) is 0 Å². The number of nitro groups is 2. The van der Waals surface area contributed by atoms with Crippen molar-refractivity contribution in [1.29, 1.82) is 0 Å². The molecule has 16 nitrogen and oxygen atoms in total. The van der Waals surface area contributed by atoms with Crippen molar-refractivity contribution in [3.63, 3.8) is 0 Å². The molecule has 0 bridgehead atoms. The van der Waals surface area contributed by atoms with Gasteiger partial charge in [-0.2, -0.15) is 0 Å². The van der Waals surface area contributed by atoms with Gasteiger partial charge < -0.3 is 19.7 Å². The molecule has 0 atom stereocenters. The minimum absolute atomic E-state index is 0.196. The Morgan fingerprint density at radius 1 is 0.760 bits per heavy atom. The molecule has 2 N–H and O–H groups in total. The number of unbranched alkanes of at least 4 members (excludes halogenated alkanes) is 1. The number of nitrogens with zero attached hydrogens (tertiary/aromatic N) is 3. The molecule has 4 aromatic rings. The number of amides is 2. The molecular formula is C33H24BrN3O13. The van der Waals surface area contributed by atoms with Crippen LogP contribution in [-0.4, -0.2) is 56.4 Å². The fraction of sp³-hybridized carbons (Fsp3) is 0.121. The third kappa shape index (κ3) is 7.79. The van der Waals surface area contributed by atoms with Crippen molar-refractivity contribution < 1.29 is 53.5 Å². The summed E-state index contributed by atoms with van der Waals surface area (Å²) >= 11 is 3.18. The Kier molecular flexibility index (Phi) is 11.3. The van der Waals surface area contributed by atoms with Gasteiger partial charge in [0.1, 0.15) is 17.1 Å². The number of carboxylic acids is 2. The van der Waals surface area contributed by atoms with Crippen LogP contribution in [0.3, 0.4) is 0 Å². The van der Waals surface area contributed by atoms with Gasteiger partial charge in [0.15, 0.2) is 5.56 Å². The van der Waals surface area contributed by atoms with Gasteiger partial charge in [-0.05, 0) is 61.0 Å². The number of carbonyl (C=O) groups excluding carboxylic acids is 3. The minimum atomic E-state index is -1.71. The lowest BCUT2D eigenvalue weighted by atomic mass is 10.0. The fourth-order valence-corrected chi connectivity index (χ4v) is 5.04. The lowest BCUT2D eigenvalue weighted by molar-refractivity contribution is -0.385. The first-order valence-electron chi connectivity index (χ1n) is 14.4. The van der Waals surface area contributed by atoms with Crippen LogP contribution in [-0.2, 0) is 0 Å². The molecule has 0 saturated carbocycles. The maximum atomic E-state index is 14.4. The quantitative estimate of drug-likeness (QED) is 0.0369. The van der Waals surface area contributed by atoms with Crippen LogP contribution in [0, 0.1) is 20.2 Å². The second-order valence-corrected chi connectivity index (χ2v) is 11.1. The summed E-state index contributed by atoms with van der Waals surface area (Å²) in [5.74, 6) is -7.92. The van der Waals surface area contributed by atoms with Crippen molar-refractivity contribution in [3.8, 4) is 11.5 Å². The van der Waals surface area contributed by atoms with Crippen LogP contribution in [0.5, 0.6) is 11.5 Å². The van der Waals surface area contributed by atoms with E-state index >= 15 is 0 Å². The number of rotatable bonds is 13. The van der Waals surface area contributed by atoms with E-state index in [1.807, 2.05) is 6.92 Å². The van der Waals surface area contributed by atoms with Gasteiger partial charge in [0.05, 0.1) is 38.8 Å². The van der Waals surface area contributed by atoms with E-state index in [2.05, 4.69) is 15.9 Å². The highest BCUT2D eigenvalue weighted by atomic mass is 79.9. The van der Waals surface area contributed by atoms with Gasteiger partial charge in [0.2, 0.25) is 0 Å². The van der Waals surface area contributed by atoms with E-state index in [0.717, 1.165) is 61.4 Å². The van der Waals surface area contributed by atoms with Crippen molar-refractivity contribution >= 4 is 62.7 Å². The van der Waals surface area contributed by atoms with Crippen molar-refractivity contribution in [2.45, 2.75) is 19.8 Å². The second-order valence-electron chi connectivity index (χ2n) is 10.2. The molecule has 50 heavy (non-hydrogen) atoms. The number of hydrogen-bond donors (Lipinski definition) is 2. The number of hydrogen-bond acceptors (Lipinski definition) is 11. The number of esters is 1. The summed E-state index contributed by atoms with van der Waals surface area (Å²) < 4.78 is 11.2. The van der Waals surface area contributed by atoms with E-state index in [4.69, 9.17) is 9.47 Å². The van der Waals surface area contributed by atoms with E-state index in [-0.39, 0.29) is 10.2 Å². The predicted molar refractivity (Wildman–Crippen MR) is 177 cm³/mol. The van der Waals surface area contributed by atoms with Gasteiger partial charge in [-0.15, -0.1) is 0 Å². The maximum absolute atomic E-state index is 14.4. The number of aromatic carboxylic acids is 2. The van der Waals surface area contributed by atoms with Crippen LogP contribution in [0.15, 0.2) is 83.3 Å². The third-order valence-corrected chi connectivity index (χ3v) is 7.49. The molecule has 17 heteroatoms. The number of carbonyl (C=O) groups is 5. The number of anilines is 1. The topological polar surface area (TPSA) is 234 Å². The lowest BCUT2D eigenvalue weighted by Gasteiger charge is -2.23. The summed E-state index contributed by atoms with van der Waals surface area (Å²) in [5, 5.41) is 43.1. The average molecular weight is 750 g/mol. The van der Waals surface area contributed by atoms with Crippen molar-refractivity contribution in [3.05, 3.63) is 131 Å². The van der Waals surface area contributed by atoms with E-state index < -0.39 is 84.5 Å². The molecule has 4 rings (SSSR count). The van der Waals surface area contributed by atoms with E-state index in [1.165, 1.54) is 30.3 Å². The molecule has 0 aromatic heterocycles. The first-order valence-corrected chi connectivity index (χ1v) is 15.2. The van der Waals surface area contributed by atoms with Crippen LogP contribution >= 0.6 is 15.9 Å². The third-order valence-electron chi connectivity index (χ3n) is 7.00. The first-order chi connectivity index (χ1) is 23.8. The zero-order valence-corrected chi connectivity index (χ0v) is 27.3. The van der Waals surface area contributed by atoms with Crippen LogP contribution in [0.4, 0.5) is 17.1 Å². The molecule has 2 amide bonds.